The Morgan fingerprint density at radius 3 is 2.86 bits per heavy atom. The summed E-state index contributed by atoms with van der Waals surface area (Å²) < 4.78 is 5.33. The van der Waals surface area contributed by atoms with E-state index in [4.69, 9.17) is 4.74 Å². The van der Waals surface area contributed by atoms with Crippen molar-refractivity contribution < 1.29 is 14.3 Å². The predicted molar refractivity (Wildman–Crippen MR) is 85.9 cm³/mol. The highest BCUT2D eigenvalue weighted by atomic mass is 32.1. The SMILES string of the molecule is CC(C)(C)OC(=O)N1CCC(NC(=O)NCc2cccs2)C1. The van der Waals surface area contributed by atoms with Gasteiger partial charge in [-0.1, -0.05) is 6.07 Å². The van der Waals surface area contributed by atoms with Gasteiger partial charge in [0, 0.05) is 24.0 Å². The van der Waals surface area contributed by atoms with Gasteiger partial charge in [0.15, 0.2) is 0 Å². The molecular weight excluding hydrogens is 302 g/mol. The zero-order valence-corrected chi connectivity index (χ0v) is 14.0. The van der Waals surface area contributed by atoms with Crippen molar-refractivity contribution in [2.24, 2.45) is 0 Å². The average molecular weight is 325 g/mol. The number of carbonyl (C=O) groups is 2. The minimum atomic E-state index is -0.499. The van der Waals surface area contributed by atoms with E-state index in [9.17, 15) is 9.59 Å². The molecule has 1 unspecified atom stereocenters. The lowest BCUT2D eigenvalue weighted by Crippen LogP contribution is -2.44. The summed E-state index contributed by atoms with van der Waals surface area (Å²) in [5, 5.41) is 7.69. The fraction of sp³-hybridized carbons (Fsp3) is 0.600. The Bertz CT molecular complexity index is 511. The van der Waals surface area contributed by atoms with E-state index in [1.54, 1.807) is 16.2 Å². The molecule has 1 aliphatic rings. The van der Waals surface area contributed by atoms with Crippen molar-refractivity contribution in [1.82, 2.24) is 15.5 Å². The van der Waals surface area contributed by atoms with E-state index < -0.39 is 5.60 Å². The van der Waals surface area contributed by atoms with Crippen molar-refractivity contribution in [1.29, 1.82) is 0 Å². The van der Waals surface area contributed by atoms with Crippen molar-refractivity contribution in [2.45, 2.75) is 45.4 Å². The van der Waals surface area contributed by atoms with E-state index in [-0.39, 0.29) is 18.2 Å². The lowest BCUT2D eigenvalue weighted by Gasteiger charge is -2.24. The Kier molecular flexibility index (Phi) is 5.28. The highest BCUT2D eigenvalue weighted by Crippen LogP contribution is 2.15. The Labute approximate surface area is 134 Å². The lowest BCUT2D eigenvalue weighted by atomic mass is 10.2. The minimum Gasteiger partial charge on any atom is -0.444 e. The quantitative estimate of drug-likeness (QED) is 0.897. The van der Waals surface area contributed by atoms with E-state index in [0.717, 1.165) is 11.3 Å². The van der Waals surface area contributed by atoms with Crippen molar-refractivity contribution in [3.63, 3.8) is 0 Å². The van der Waals surface area contributed by atoms with Gasteiger partial charge in [0.25, 0.3) is 0 Å². The van der Waals surface area contributed by atoms with Crippen LogP contribution in [0.25, 0.3) is 0 Å². The van der Waals surface area contributed by atoms with Crippen molar-refractivity contribution >= 4 is 23.5 Å². The number of hydrogen-bond donors (Lipinski definition) is 2. The Balaban J connectivity index is 1.71. The maximum atomic E-state index is 12.0. The predicted octanol–water partition coefficient (Wildman–Crippen LogP) is 2.56. The van der Waals surface area contributed by atoms with Gasteiger partial charge in [-0.2, -0.15) is 0 Å². The third-order valence-electron chi connectivity index (χ3n) is 3.18. The first-order valence-corrected chi connectivity index (χ1v) is 8.26. The van der Waals surface area contributed by atoms with Gasteiger partial charge in [-0.05, 0) is 38.6 Å². The van der Waals surface area contributed by atoms with Gasteiger partial charge in [0.05, 0.1) is 6.54 Å². The second-order valence-corrected chi connectivity index (χ2v) is 7.35. The molecule has 2 rings (SSSR count). The van der Waals surface area contributed by atoms with E-state index >= 15 is 0 Å². The van der Waals surface area contributed by atoms with Crippen LogP contribution in [0.4, 0.5) is 9.59 Å². The number of amides is 3. The molecule has 2 heterocycles. The van der Waals surface area contributed by atoms with Crippen molar-refractivity contribution in [3.8, 4) is 0 Å². The number of urea groups is 1. The van der Waals surface area contributed by atoms with Crippen molar-refractivity contribution in [2.75, 3.05) is 13.1 Å². The number of nitrogens with one attached hydrogen (secondary N) is 2. The fourth-order valence-corrected chi connectivity index (χ4v) is 2.83. The highest BCUT2D eigenvalue weighted by Gasteiger charge is 2.30. The molecule has 1 aromatic heterocycles. The summed E-state index contributed by atoms with van der Waals surface area (Å²) >= 11 is 1.61. The van der Waals surface area contributed by atoms with Crippen LogP contribution in [-0.2, 0) is 11.3 Å². The normalized spacial score (nSPS) is 18.1. The molecule has 6 nitrogen and oxygen atoms in total. The Morgan fingerprint density at radius 2 is 2.23 bits per heavy atom. The molecule has 3 amide bonds. The molecule has 22 heavy (non-hydrogen) atoms. The lowest BCUT2D eigenvalue weighted by molar-refractivity contribution is 0.0291. The molecule has 0 aromatic carbocycles. The van der Waals surface area contributed by atoms with Gasteiger partial charge in [-0.15, -0.1) is 11.3 Å². The van der Waals surface area contributed by atoms with Crippen LogP contribution < -0.4 is 10.6 Å². The topological polar surface area (TPSA) is 70.7 Å². The van der Waals surface area contributed by atoms with Gasteiger partial charge in [0.2, 0.25) is 0 Å². The first-order valence-electron chi connectivity index (χ1n) is 7.38. The molecule has 1 aliphatic heterocycles. The number of ether oxygens (including phenoxy) is 1. The van der Waals surface area contributed by atoms with Crippen LogP contribution in [0.2, 0.25) is 0 Å². The largest absolute Gasteiger partial charge is 0.444 e. The molecule has 2 N–H and O–H groups in total. The molecule has 1 atom stereocenters. The monoisotopic (exact) mass is 325 g/mol. The average Bonchev–Trinajstić information content (AvgIpc) is 3.05. The zero-order valence-electron chi connectivity index (χ0n) is 13.2. The molecular formula is C15H23N3O3S. The summed E-state index contributed by atoms with van der Waals surface area (Å²) in [7, 11) is 0. The minimum absolute atomic E-state index is 0.0316. The summed E-state index contributed by atoms with van der Waals surface area (Å²) in [4.78, 5) is 26.5. The number of nitrogens with zero attached hydrogens (tertiary/aromatic N) is 1. The fourth-order valence-electron chi connectivity index (χ4n) is 2.19. The van der Waals surface area contributed by atoms with Crippen LogP contribution in [0.5, 0.6) is 0 Å². The number of likely N-dealkylation sites (tertiary alicyclic amines) is 1. The summed E-state index contributed by atoms with van der Waals surface area (Å²) in [6, 6.07) is 3.69. The van der Waals surface area contributed by atoms with Gasteiger partial charge >= 0.3 is 12.1 Å². The van der Waals surface area contributed by atoms with Gasteiger partial charge in [-0.25, -0.2) is 9.59 Å². The van der Waals surface area contributed by atoms with E-state index in [1.807, 2.05) is 38.3 Å². The van der Waals surface area contributed by atoms with Crippen LogP contribution in [0.3, 0.4) is 0 Å². The number of hydrogen-bond acceptors (Lipinski definition) is 4. The zero-order chi connectivity index (χ0) is 16.2. The van der Waals surface area contributed by atoms with Gasteiger partial charge < -0.3 is 20.3 Å². The number of carbonyl (C=O) groups excluding carboxylic acids is 2. The third kappa shape index (κ3) is 5.22. The Hall–Kier alpha value is -1.76. The van der Waals surface area contributed by atoms with Crippen LogP contribution in [0.15, 0.2) is 17.5 Å². The molecule has 0 radical (unpaired) electrons. The maximum Gasteiger partial charge on any atom is 0.410 e. The first kappa shape index (κ1) is 16.6. The summed E-state index contributed by atoms with van der Waals surface area (Å²) in [5.41, 5.74) is -0.499. The Morgan fingerprint density at radius 1 is 1.45 bits per heavy atom. The highest BCUT2D eigenvalue weighted by molar-refractivity contribution is 7.09. The molecule has 0 bridgehead atoms. The second kappa shape index (κ2) is 7.00. The number of rotatable bonds is 3. The smallest absolute Gasteiger partial charge is 0.410 e. The second-order valence-electron chi connectivity index (χ2n) is 6.32. The van der Waals surface area contributed by atoms with Gasteiger partial charge in [-0.3, -0.25) is 0 Å². The van der Waals surface area contributed by atoms with Crippen LogP contribution in [0, 0.1) is 0 Å². The van der Waals surface area contributed by atoms with E-state index in [1.165, 1.54) is 0 Å². The van der Waals surface area contributed by atoms with E-state index in [0.29, 0.717) is 19.6 Å². The molecule has 122 valence electrons. The molecule has 0 saturated carbocycles. The van der Waals surface area contributed by atoms with Crippen LogP contribution in [0.1, 0.15) is 32.1 Å². The molecule has 0 spiro atoms. The summed E-state index contributed by atoms with van der Waals surface area (Å²) in [5.74, 6) is 0. The maximum absolute atomic E-state index is 12.0. The first-order chi connectivity index (χ1) is 10.3. The van der Waals surface area contributed by atoms with Crippen LogP contribution >= 0.6 is 11.3 Å². The van der Waals surface area contributed by atoms with Gasteiger partial charge in [0.1, 0.15) is 5.60 Å². The molecule has 1 fully saturated rings. The standard InChI is InChI=1S/C15H23N3O3S/c1-15(2,3)21-14(20)18-7-6-11(10-18)17-13(19)16-9-12-5-4-8-22-12/h4-5,8,11H,6-7,9-10H2,1-3H3,(H2,16,17,19). The summed E-state index contributed by atoms with van der Waals surface area (Å²) in [6.07, 6.45) is 0.418. The summed E-state index contributed by atoms with van der Waals surface area (Å²) in [6.45, 7) is 7.14. The van der Waals surface area contributed by atoms with E-state index in [2.05, 4.69) is 10.6 Å². The molecule has 0 aliphatic carbocycles. The van der Waals surface area contributed by atoms with Crippen molar-refractivity contribution in [3.05, 3.63) is 22.4 Å². The third-order valence-corrected chi connectivity index (χ3v) is 4.05. The van der Waals surface area contributed by atoms with Crippen LogP contribution in [-0.4, -0.2) is 41.8 Å². The number of thiophene rings is 1. The molecule has 1 saturated heterocycles. The molecule has 7 heteroatoms. The molecule has 1 aromatic rings.